The number of piperidine rings is 1. The number of carboxylic acids is 1. The molecule has 2 fully saturated rings. The normalized spacial score (nSPS) is 21.7. The van der Waals surface area contributed by atoms with Crippen molar-refractivity contribution in [3.8, 4) is 0 Å². The van der Waals surface area contributed by atoms with E-state index in [2.05, 4.69) is 4.90 Å². The Morgan fingerprint density at radius 1 is 1.16 bits per heavy atom. The average Bonchev–Trinajstić information content (AvgIpc) is 2.61. The van der Waals surface area contributed by atoms with E-state index in [4.69, 9.17) is 4.74 Å². The molecule has 1 atom stereocenters. The third-order valence-corrected chi connectivity index (χ3v) is 5.14. The summed E-state index contributed by atoms with van der Waals surface area (Å²) in [5.41, 5.74) is 0. The molecule has 2 aliphatic rings. The van der Waals surface area contributed by atoms with Crippen LogP contribution in [0.2, 0.25) is 0 Å². The molecule has 2 heterocycles. The van der Waals surface area contributed by atoms with Crippen molar-refractivity contribution in [2.75, 3.05) is 52.9 Å². The van der Waals surface area contributed by atoms with E-state index in [-0.39, 0.29) is 18.4 Å². The maximum atomic E-state index is 12.1. The summed E-state index contributed by atoms with van der Waals surface area (Å²) >= 11 is 0. The van der Waals surface area contributed by atoms with Crippen LogP contribution >= 0.6 is 0 Å². The summed E-state index contributed by atoms with van der Waals surface area (Å²) in [4.78, 5) is 39.8. The van der Waals surface area contributed by atoms with Crippen LogP contribution in [0.25, 0.3) is 0 Å². The van der Waals surface area contributed by atoms with Gasteiger partial charge in [-0.15, -0.1) is 0 Å². The van der Waals surface area contributed by atoms with Gasteiger partial charge in [-0.05, 0) is 45.3 Å². The molecule has 25 heavy (non-hydrogen) atoms. The first kappa shape index (κ1) is 19.7. The second kappa shape index (κ2) is 9.72. The summed E-state index contributed by atoms with van der Waals surface area (Å²) in [5.74, 6) is -0.602. The number of carbonyl (C=O) groups is 3. The maximum absolute atomic E-state index is 12.1. The zero-order chi connectivity index (χ0) is 18.2. The Kier molecular flexibility index (Phi) is 7.64. The van der Waals surface area contributed by atoms with Gasteiger partial charge in [-0.3, -0.25) is 9.69 Å². The highest BCUT2D eigenvalue weighted by atomic mass is 16.6. The lowest BCUT2D eigenvalue weighted by atomic mass is 9.95. The van der Waals surface area contributed by atoms with Gasteiger partial charge >= 0.3 is 12.1 Å². The Labute approximate surface area is 148 Å². The van der Waals surface area contributed by atoms with Crippen LogP contribution in [0.5, 0.6) is 0 Å². The monoisotopic (exact) mass is 355 g/mol. The van der Waals surface area contributed by atoms with Crippen molar-refractivity contribution in [1.82, 2.24) is 14.7 Å². The number of amides is 1. The molecule has 8 nitrogen and oxygen atoms in total. The summed E-state index contributed by atoms with van der Waals surface area (Å²) in [7, 11) is 2.04. The second-order valence-corrected chi connectivity index (χ2v) is 6.94. The summed E-state index contributed by atoms with van der Waals surface area (Å²) in [6.07, 6.45) is 2.74. The Balaban J connectivity index is 1.70. The van der Waals surface area contributed by atoms with Crippen LogP contribution in [-0.4, -0.2) is 97.1 Å². The topological polar surface area (TPSA) is 90.4 Å². The lowest BCUT2D eigenvalue weighted by molar-refractivity contribution is -0.144. The lowest BCUT2D eigenvalue weighted by Gasteiger charge is -2.36. The molecule has 0 radical (unpaired) electrons. The fourth-order valence-electron chi connectivity index (χ4n) is 3.39. The fourth-order valence-corrected chi connectivity index (χ4v) is 3.39. The Morgan fingerprint density at radius 3 is 2.36 bits per heavy atom. The van der Waals surface area contributed by atoms with E-state index in [9.17, 15) is 19.5 Å². The van der Waals surface area contributed by atoms with Crippen LogP contribution in [-0.2, 0) is 14.3 Å². The van der Waals surface area contributed by atoms with Gasteiger partial charge in [-0.25, -0.2) is 4.79 Å². The number of likely N-dealkylation sites (N-methyl/N-ethyl adjacent to an activating group) is 1. The third kappa shape index (κ3) is 5.97. The van der Waals surface area contributed by atoms with Gasteiger partial charge in [0.2, 0.25) is 0 Å². The average molecular weight is 355 g/mol. The minimum Gasteiger partial charge on any atom is -0.480 e. The van der Waals surface area contributed by atoms with E-state index < -0.39 is 12.0 Å². The number of piperazine rings is 1. The van der Waals surface area contributed by atoms with Crippen molar-refractivity contribution < 1.29 is 24.2 Å². The minimum atomic E-state index is -0.873. The van der Waals surface area contributed by atoms with Gasteiger partial charge in [0, 0.05) is 32.6 Å². The Bertz CT molecular complexity index is 457. The molecule has 142 valence electrons. The van der Waals surface area contributed by atoms with E-state index in [1.807, 2.05) is 11.9 Å². The number of hydrogen-bond donors (Lipinski definition) is 1. The SMILES string of the molecule is CN1CCN(C(=O)OCC2CCN(C(CCC=O)C(=O)O)CC2)CC1. The van der Waals surface area contributed by atoms with Crippen molar-refractivity contribution in [1.29, 1.82) is 0 Å². The van der Waals surface area contributed by atoms with E-state index in [0.29, 0.717) is 39.2 Å². The first-order valence-electron chi connectivity index (χ1n) is 9.02. The molecular weight excluding hydrogens is 326 g/mol. The highest BCUT2D eigenvalue weighted by Crippen LogP contribution is 2.21. The van der Waals surface area contributed by atoms with Crippen molar-refractivity contribution in [3.63, 3.8) is 0 Å². The molecule has 0 aromatic rings. The molecule has 0 bridgehead atoms. The summed E-state index contributed by atoms with van der Waals surface area (Å²) < 4.78 is 5.45. The van der Waals surface area contributed by atoms with Crippen molar-refractivity contribution in [2.24, 2.45) is 5.92 Å². The molecule has 1 N–H and O–H groups in total. The number of hydrogen-bond acceptors (Lipinski definition) is 6. The predicted octanol–water partition coefficient (Wildman–Crippen LogP) is 0.515. The third-order valence-electron chi connectivity index (χ3n) is 5.14. The molecule has 0 aromatic carbocycles. The highest BCUT2D eigenvalue weighted by Gasteiger charge is 2.30. The van der Waals surface area contributed by atoms with Crippen LogP contribution in [0.15, 0.2) is 0 Å². The maximum Gasteiger partial charge on any atom is 0.409 e. The Morgan fingerprint density at radius 2 is 1.80 bits per heavy atom. The molecule has 0 saturated carbocycles. The molecule has 0 spiro atoms. The minimum absolute atomic E-state index is 0.245. The molecule has 0 aliphatic carbocycles. The standard InChI is InChI=1S/C17H29N3O5/c1-18-8-10-20(11-9-18)17(24)25-13-14-4-6-19(7-5-14)15(16(22)23)3-2-12-21/h12,14-15H,2-11,13H2,1H3,(H,22,23). The van der Waals surface area contributed by atoms with Crippen LogP contribution in [0.3, 0.4) is 0 Å². The molecule has 1 amide bonds. The molecule has 2 aliphatic heterocycles. The number of carboxylic acid groups (broad SMARTS) is 1. The van der Waals surface area contributed by atoms with E-state index in [1.54, 1.807) is 4.90 Å². The van der Waals surface area contributed by atoms with Gasteiger partial charge in [0.1, 0.15) is 12.3 Å². The largest absolute Gasteiger partial charge is 0.480 e. The van der Waals surface area contributed by atoms with E-state index >= 15 is 0 Å². The first-order valence-corrected chi connectivity index (χ1v) is 9.02. The zero-order valence-electron chi connectivity index (χ0n) is 14.9. The lowest BCUT2D eigenvalue weighted by Crippen LogP contribution is -2.48. The summed E-state index contributed by atoms with van der Waals surface area (Å²) in [6, 6.07) is -0.598. The van der Waals surface area contributed by atoms with Gasteiger partial charge in [-0.2, -0.15) is 0 Å². The van der Waals surface area contributed by atoms with Crippen LogP contribution in [0.4, 0.5) is 4.79 Å². The highest BCUT2D eigenvalue weighted by molar-refractivity contribution is 5.74. The Hall–Kier alpha value is -1.67. The second-order valence-electron chi connectivity index (χ2n) is 6.94. The molecule has 0 aromatic heterocycles. The number of carbonyl (C=O) groups excluding carboxylic acids is 2. The first-order chi connectivity index (χ1) is 12.0. The number of ether oxygens (including phenoxy) is 1. The van der Waals surface area contributed by atoms with Gasteiger partial charge in [0.25, 0.3) is 0 Å². The van der Waals surface area contributed by atoms with Crippen molar-refractivity contribution in [2.45, 2.75) is 31.7 Å². The van der Waals surface area contributed by atoms with Crippen LogP contribution in [0, 0.1) is 5.92 Å². The van der Waals surface area contributed by atoms with Crippen molar-refractivity contribution in [3.05, 3.63) is 0 Å². The smallest absolute Gasteiger partial charge is 0.409 e. The predicted molar refractivity (Wildman–Crippen MR) is 91.4 cm³/mol. The number of aldehydes is 1. The van der Waals surface area contributed by atoms with Gasteiger partial charge in [-0.1, -0.05) is 0 Å². The van der Waals surface area contributed by atoms with Crippen LogP contribution < -0.4 is 0 Å². The summed E-state index contributed by atoms with van der Waals surface area (Å²) in [5, 5.41) is 9.32. The molecular formula is C17H29N3O5. The van der Waals surface area contributed by atoms with Gasteiger partial charge in [0.15, 0.2) is 0 Å². The number of rotatable bonds is 7. The number of likely N-dealkylation sites (tertiary alicyclic amines) is 1. The molecule has 8 heteroatoms. The quantitative estimate of drug-likeness (QED) is 0.666. The van der Waals surface area contributed by atoms with Crippen LogP contribution in [0.1, 0.15) is 25.7 Å². The van der Waals surface area contributed by atoms with Gasteiger partial charge in [0.05, 0.1) is 6.61 Å². The summed E-state index contributed by atoms with van der Waals surface area (Å²) in [6.45, 7) is 4.84. The fraction of sp³-hybridized carbons (Fsp3) is 0.824. The molecule has 1 unspecified atom stereocenters. The number of nitrogens with zero attached hydrogens (tertiary/aromatic N) is 3. The van der Waals surface area contributed by atoms with E-state index in [0.717, 1.165) is 32.2 Å². The molecule has 2 saturated heterocycles. The zero-order valence-corrected chi connectivity index (χ0v) is 14.9. The molecule has 2 rings (SSSR count). The van der Waals surface area contributed by atoms with E-state index in [1.165, 1.54) is 0 Å². The number of aliphatic carboxylic acids is 1. The van der Waals surface area contributed by atoms with Crippen molar-refractivity contribution >= 4 is 18.3 Å². The van der Waals surface area contributed by atoms with Gasteiger partial charge < -0.3 is 24.4 Å².